The van der Waals surface area contributed by atoms with Gasteiger partial charge in [-0.05, 0) is 121 Å². The molecular weight excluding hydrogens is 719 g/mol. The Hall–Kier alpha value is -4.22. The topological polar surface area (TPSA) is 43.3 Å². The average molecular weight is 770 g/mol. The number of methoxy groups -OCH3 is 1. The van der Waals surface area contributed by atoms with Gasteiger partial charge in [0.15, 0.2) is 0 Å². The minimum atomic E-state index is -0.0472. The van der Waals surface area contributed by atoms with E-state index in [2.05, 4.69) is 77.2 Å². The largest absolute Gasteiger partial charge is 0.497 e. The molecule has 0 unspecified atom stereocenters. The number of nitrogens with one attached hydrogen (secondary N) is 1. The van der Waals surface area contributed by atoms with Crippen molar-refractivity contribution < 1.29 is 9.53 Å². The summed E-state index contributed by atoms with van der Waals surface area (Å²) < 4.78 is 7.10. The molecule has 0 fully saturated rings. The van der Waals surface area contributed by atoms with Gasteiger partial charge in [-0.25, -0.2) is 0 Å². The van der Waals surface area contributed by atoms with Crippen molar-refractivity contribution in [2.75, 3.05) is 12.4 Å². The van der Waals surface area contributed by atoms with Gasteiger partial charge in [0, 0.05) is 27.4 Å². The quantitative estimate of drug-likeness (QED) is 0.159. The lowest BCUT2D eigenvalue weighted by molar-refractivity contribution is 0.0963. The first-order chi connectivity index (χ1) is 25.4. The van der Waals surface area contributed by atoms with E-state index in [1.807, 2.05) is 61.5 Å². The third-order valence-corrected chi connectivity index (χ3v) is 9.98. The van der Waals surface area contributed by atoms with E-state index >= 15 is 0 Å². The molecule has 53 heavy (non-hydrogen) atoms. The molecule has 6 rings (SSSR count). The van der Waals surface area contributed by atoms with Crippen LogP contribution in [0.5, 0.6) is 5.75 Å². The summed E-state index contributed by atoms with van der Waals surface area (Å²) >= 11 is 18.2. The zero-order valence-corrected chi connectivity index (χ0v) is 34.3. The summed E-state index contributed by atoms with van der Waals surface area (Å²) in [6, 6.07) is 35.4. The second kappa shape index (κ2) is 19.7. The molecule has 5 aromatic carbocycles. The SMILES string of the molecule is CC(C)Cc1ccc(C(C)C)cc1.CCc1c(C)n(C(=O)c2ccc(Cl)cc2)c2ccc(OC)cc12.CCc1ccccc1Nc1c(Cl)cccc1Cl. The fourth-order valence-corrected chi connectivity index (χ4v) is 6.85. The lowest BCUT2D eigenvalue weighted by atomic mass is 9.98. The molecule has 6 aromatic rings. The number of anilines is 2. The molecule has 7 heteroatoms. The van der Waals surface area contributed by atoms with Crippen LogP contribution in [0.3, 0.4) is 0 Å². The molecule has 0 spiro atoms. The Kier molecular flexibility index (Phi) is 15.5. The molecular formula is C46H51Cl3N2O2. The van der Waals surface area contributed by atoms with Gasteiger partial charge < -0.3 is 10.1 Å². The summed E-state index contributed by atoms with van der Waals surface area (Å²) in [4.78, 5) is 13.0. The summed E-state index contributed by atoms with van der Waals surface area (Å²) in [6.45, 7) is 15.2. The number of halogens is 3. The van der Waals surface area contributed by atoms with Crippen LogP contribution >= 0.6 is 34.8 Å². The van der Waals surface area contributed by atoms with Crippen LogP contribution in [0.1, 0.15) is 85.8 Å². The molecule has 0 saturated carbocycles. The lowest BCUT2D eigenvalue weighted by Gasteiger charge is -2.13. The minimum absolute atomic E-state index is 0.0472. The van der Waals surface area contributed by atoms with Crippen molar-refractivity contribution >= 4 is 63.0 Å². The Morgan fingerprint density at radius 2 is 1.42 bits per heavy atom. The van der Waals surface area contributed by atoms with Crippen LogP contribution in [0.15, 0.2) is 109 Å². The van der Waals surface area contributed by atoms with E-state index in [1.54, 1.807) is 35.9 Å². The third kappa shape index (κ3) is 10.9. The van der Waals surface area contributed by atoms with Crippen LogP contribution in [-0.2, 0) is 19.3 Å². The van der Waals surface area contributed by atoms with Crippen molar-refractivity contribution in [2.45, 2.75) is 73.6 Å². The smallest absolute Gasteiger partial charge is 0.262 e. The van der Waals surface area contributed by atoms with Gasteiger partial charge in [0.2, 0.25) is 0 Å². The van der Waals surface area contributed by atoms with Crippen LogP contribution < -0.4 is 10.1 Å². The second-order valence-electron chi connectivity index (χ2n) is 13.7. The van der Waals surface area contributed by atoms with Crippen LogP contribution in [-0.4, -0.2) is 17.6 Å². The molecule has 0 saturated heterocycles. The molecule has 1 N–H and O–H groups in total. The zero-order chi connectivity index (χ0) is 38.7. The number of fused-ring (bicyclic) bond motifs is 1. The third-order valence-electron chi connectivity index (χ3n) is 9.10. The van der Waals surface area contributed by atoms with Crippen molar-refractivity contribution in [1.29, 1.82) is 0 Å². The molecule has 1 heterocycles. The standard InChI is InChI=1S/C19H18ClNO2.C14H13Cl2N.C13H20/c1-4-16-12(2)21(18-10-9-15(23-3)11-17(16)18)19(22)13-5-7-14(20)8-6-13;1-2-10-6-3-4-9-13(10)17-14-11(15)7-5-8-12(14)16;1-10(2)9-12-5-7-13(8-6-12)11(3)4/h5-11H,4H2,1-3H3;3-9,17H,2H2,1H3;5-8,10-11H,9H2,1-4H3. The maximum Gasteiger partial charge on any atom is 0.262 e. The number of rotatable bonds is 9. The summed E-state index contributed by atoms with van der Waals surface area (Å²) in [5.74, 6) is 2.15. The zero-order valence-electron chi connectivity index (χ0n) is 32.1. The van der Waals surface area contributed by atoms with E-state index in [-0.39, 0.29) is 5.91 Å². The van der Waals surface area contributed by atoms with Gasteiger partial charge in [0.25, 0.3) is 5.91 Å². The van der Waals surface area contributed by atoms with Crippen LogP contribution in [0.25, 0.3) is 10.9 Å². The Bertz CT molecular complexity index is 2080. The molecule has 0 amide bonds. The van der Waals surface area contributed by atoms with Gasteiger partial charge in [-0.3, -0.25) is 9.36 Å². The number of carbonyl (C=O) groups excluding carboxylic acids is 1. The van der Waals surface area contributed by atoms with E-state index in [4.69, 9.17) is 39.5 Å². The first-order valence-corrected chi connectivity index (χ1v) is 19.4. The van der Waals surface area contributed by atoms with Crippen LogP contribution in [0, 0.1) is 12.8 Å². The fourth-order valence-electron chi connectivity index (χ4n) is 6.23. The van der Waals surface area contributed by atoms with Crippen LogP contribution in [0.4, 0.5) is 11.4 Å². The van der Waals surface area contributed by atoms with Gasteiger partial charge in [-0.1, -0.05) is 125 Å². The highest BCUT2D eigenvalue weighted by Gasteiger charge is 2.19. The molecule has 0 radical (unpaired) electrons. The minimum Gasteiger partial charge on any atom is -0.497 e. The maximum atomic E-state index is 13.0. The summed E-state index contributed by atoms with van der Waals surface area (Å²) in [6.07, 6.45) is 3.01. The molecule has 0 aliphatic carbocycles. The van der Waals surface area contributed by atoms with E-state index < -0.39 is 0 Å². The van der Waals surface area contributed by atoms with Crippen molar-refractivity contribution in [3.63, 3.8) is 0 Å². The van der Waals surface area contributed by atoms with E-state index in [0.717, 1.165) is 52.5 Å². The predicted octanol–water partition coefficient (Wildman–Crippen LogP) is 14.2. The lowest BCUT2D eigenvalue weighted by Crippen LogP contribution is -2.13. The number of carbonyl (C=O) groups is 1. The normalized spacial score (nSPS) is 10.8. The average Bonchev–Trinajstić information content (AvgIpc) is 3.43. The first kappa shape index (κ1) is 41.5. The van der Waals surface area contributed by atoms with Crippen molar-refractivity contribution in [3.05, 3.63) is 158 Å². The van der Waals surface area contributed by atoms with Gasteiger partial charge in [0.1, 0.15) is 5.75 Å². The highest BCUT2D eigenvalue weighted by Crippen LogP contribution is 2.34. The van der Waals surface area contributed by atoms with Crippen LogP contribution in [0.2, 0.25) is 15.1 Å². The number of nitrogens with zero attached hydrogens (tertiary/aromatic N) is 1. The van der Waals surface area contributed by atoms with Gasteiger partial charge in [0.05, 0.1) is 28.4 Å². The number of benzene rings is 5. The van der Waals surface area contributed by atoms with Crippen molar-refractivity contribution in [1.82, 2.24) is 4.57 Å². The number of aryl methyl sites for hydroxylation is 2. The van der Waals surface area contributed by atoms with E-state index in [9.17, 15) is 4.79 Å². The van der Waals surface area contributed by atoms with Crippen molar-refractivity contribution in [3.8, 4) is 5.75 Å². The summed E-state index contributed by atoms with van der Waals surface area (Å²) in [7, 11) is 1.65. The molecule has 278 valence electrons. The number of hydrogen-bond donors (Lipinski definition) is 1. The predicted molar refractivity (Wildman–Crippen MR) is 228 cm³/mol. The molecule has 4 nitrogen and oxygen atoms in total. The Morgan fingerprint density at radius 3 is 1.98 bits per heavy atom. The van der Waals surface area contributed by atoms with Gasteiger partial charge in [-0.15, -0.1) is 0 Å². The van der Waals surface area contributed by atoms with E-state index in [0.29, 0.717) is 26.5 Å². The Morgan fingerprint density at radius 1 is 0.774 bits per heavy atom. The molecule has 0 aliphatic heterocycles. The van der Waals surface area contributed by atoms with Gasteiger partial charge >= 0.3 is 0 Å². The summed E-state index contributed by atoms with van der Waals surface area (Å²) in [5.41, 5.74) is 9.60. The molecule has 0 aliphatic rings. The molecule has 1 aromatic heterocycles. The highest BCUT2D eigenvalue weighted by atomic mass is 35.5. The van der Waals surface area contributed by atoms with Crippen molar-refractivity contribution in [2.24, 2.45) is 5.92 Å². The number of para-hydroxylation sites is 2. The Labute approximate surface area is 331 Å². The second-order valence-corrected chi connectivity index (χ2v) is 14.9. The molecule has 0 atom stereocenters. The number of ether oxygens (including phenoxy) is 1. The maximum absolute atomic E-state index is 13.0. The van der Waals surface area contributed by atoms with E-state index in [1.165, 1.54) is 28.7 Å². The summed E-state index contributed by atoms with van der Waals surface area (Å²) in [5, 5.41) is 6.23. The van der Waals surface area contributed by atoms with Gasteiger partial charge in [-0.2, -0.15) is 0 Å². The number of hydrogen-bond acceptors (Lipinski definition) is 3. The monoisotopic (exact) mass is 768 g/mol. The fraction of sp³-hybridized carbons (Fsp3) is 0.283. The number of aromatic nitrogens is 1. The first-order valence-electron chi connectivity index (χ1n) is 18.2. The Balaban J connectivity index is 0.000000186. The molecule has 0 bridgehead atoms. The highest BCUT2D eigenvalue weighted by molar-refractivity contribution is 6.39.